The van der Waals surface area contributed by atoms with E-state index in [1.165, 1.54) is 11.1 Å². The van der Waals surface area contributed by atoms with Crippen LogP contribution in [0.3, 0.4) is 0 Å². The summed E-state index contributed by atoms with van der Waals surface area (Å²) in [7, 11) is 0. The van der Waals surface area contributed by atoms with Gasteiger partial charge in [0.05, 0.1) is 5.69 Å². The minimum atomic E-state index is -0.295. The molecule has 1 aromatic heterocycles. The number of rotatable bonds is 7. The Morgan fingerprint density at radius 3 is 2.67 bits per heavy atom. The van der Waals surface area contributed by atoms with Crippen molar-refractivity contribution in [2.45, 2.75) is 38.6 Å². The predicted octanol–water partition coefficient (Wildman–Crippen LogP) is 5.34. The van der Waals surface area contributed by atoms with Crippen molar-refractivity contribution < 1.29 is 4.42 Å². The molecule has 156 valence electrons. The highest BCUT2D eigenvalue weighted by Crippen LogP contribution is 2.26. The van der Waals surface area contributed by atoms with E-state index in [1.54, 1.807) is 6.07 Å². The summed E-state index contributed by atoms with van der Waals surface area (Å²) in [5, 5.41) is 4.64. The fourth-order valence-corrected chi connectivity index (χ4v) is 4.16. The molecule has 0 bridgehead atoms. The van der Waals surface area contributed by atoms with Crippen LogP contribution in [0.2, 0.25) is 0 Å². The SMILES string of the molecule is CCCc1ccc2oc(=O)cc(NC3CCN(CC=Cc4ccccc4)CC3)c2c1. The minimum Gasteiger partial charge on any atom is -0.423 e. The van der Waals surface area contributed by atoms with Crippen molar-refractivity contribution >= 4 is 22.7 Å². The average molecular weight is 403 g/mol. The molecule has 4 nitrogen and oxygen atoms in total. The second kappa shape index (κ2) is 9.77. The average Bonchev–Trinajstić information content (AvgIpc) is 2.76. The van der Waals surface area contributed by atoms with Gasteiger partial charge in [-0.25, -0.2) is 4.79 Å². The Bertz CT molecular complexity index is 1050. The second-order valence-corrected chi connectivity index (χ2v) is 8.09. The number of anilines is 1. The van der Waals surface area contributed by atoms with Crippen molar-refractivity contribution in [2.75, 3.05) is 25.0 Å². The molecule has 3 aromatic rings. The highest BCUT2D eigenvalue weighted by atomic mass is 16.4. The molecule has 0 radical (unpaired) electrons. The van der Waals surface area contributed by atoms with Crippen LogP contribution in [0.25, 0.3) is 17.0 Å². The van der Waals surface area contributed by atoms with Gasteiger partial charge in [-0.05, 0) is 42.5 Å². The van der Waals surface area contributed by atoms with Gasteiger partial charge < -0.3 is 9.73 Å². The first-order valence-electron chi connectivity index (χ1n) is 11.0. The summed E-state index contributed by atoms with van der Waals surface area (Å²) in [6.07, 6.45) is 8.69. The van der Waals surface area contributed by atoms with E-state index in [0.29, 0.717) is 11.6 Å². The van der Waals surface area contributed by atoms with Gasteiger partial charge in [-0.1, -0.05) is 61.9 Å². The molecule has 1 saturated heterocycles. The molecule has 0 aliphatic carbocycles. The zero-order valence-corrected chi connectivity index (χ0v) is 17.6. The molecule has 30 heavy (non-hydrogen) atoms. The van der Waals surface area contributed by atoms with Crippen LogP contribution in [0.4, 0.5) is 5.69 Å². The van der Waals surface area contributed by atoms with Gasteiger partial charge >= 0.3 is 5.63 Å². The Morgan fingerprint density at radius 2 is 1.90 bits per heavy atom. The summed E-state index contributed by atoms with van der Waals surface area (Å²) in [5.74, 6) is 0. The van der Waals surface area contributed by atoms with E-state index in [1.807, 2.05) is 12.1 Å². The number of hydrogen-bond acceptors (Lipinski definition) is 4. The standard InChI is InChI=1S/C26H30N2O2/c1-2-7-21-11-12-25-23(18-21)24(19-26(29)30-25)27-22-13-16-28(17-14-22)15-6-10-20-8-4-3-5-9-20/h3-6,8-12,18-19,22,27H,2,7,13-17H2,1H3. The monoisotopic (exact) mass is 402 g/mol. The zero-order valence-electron chi connectivity index (χ0n) is 17.6. The number of aryl methyl sites for hydroxylation is 1. The summed E-state index contributed by atoms with van der Waals surface area (Å²) >= 11 is 0. The molecule has 1 fully saturated rings. The van der Waals surface area contributed by atoms with E-state index in [-0.39, 0.29) is 5.63 Å². The van der Waals surface area contributed by atoms with Crippen LogP contribution < -0.4 is 10.9 Å². The summed E-state index contributed by atoms with van der Waals surface area (Å²) < 4.78 is 5.41. The fraction of sp³-hybridized carbons (Fsp3) is 0.346. The van der Waals surface area contributed by atoms with Gasteiger partial charge in [0.15, 0.2) is 0 Å². The quantitative estimate of drug-likeness (QED) is 0.542. The van der Waals surface area contributed by atoms with Gasteiger partial charge in [-0.15, -0.1) is 0 Å². The first kappa shape index (κ1) is 20.4. The molecule has 1 aliphatic rings. The van der Waals surface area contributed by atoms with Crippen LogP contribution in [-0.4, -0.2) is 30.6 Å². The number of fused-ring (bicyclic) bond motifs is 1. The van der Waals surface area contributed by atoms with Crippen molar-refractivity contribution in [1.82, 2.24) is 4.90 Å². The number of benzene rings is 2. The fourth-order valence-electron chi connectivity index (χ4n) is 4.16. The molecular weight excluding hydrogens is 372 g/mol. The lowest BCUT2D eigenvalue weighted by molar-refractivity contribution is 0.240. The van der Waals surface area contributed by atoms with Crippen LogP contribution >= 0.6 is 0 Å². The van der Waals surface area contributed by atoms with Gasteiger partial charge in [-0.2, -0.15) is 0 Å². The summed E-state index contributed by atoms with van der Waals surface area (Å²) in [5.41, 5.74) is 3.79. The van der Waals surface area contributed by atoms with Crippen LogP contribution in [0.5, 0.6) is 0 Å². The molecule has 0 saturated carbocycles. The molecule has 1 N–H and O–H groups in total. The Labute approximate surface area is 178 Å². The second-order valence-electron chi connectivity index (χ2n) is 8.09. The maximum atomic E-state index is 12.0. The topological polar surface area (TPSA) is 45.5 Å². The lowest BCUT2D eigenvalue weighted by atomic mass is 10.0. The van der Waals surface area contributed by atoms with Crippen molar-refractivity contribution in [2.24, 2.45) is 0 Å². The maximum absolute atomic E-state index is 12.0. The summed E-state index contributed by atoms with van der Waals surface area (Å²) in [6.45, 7) is 5.26. The third-order valence-corrected chi connectivity index (χ3v) is 5.77. The van der Waals surface area contributed by atoms with Gasteiger partial charge in [0, 0.05) is 37.1 Å². The first-order valence-corrected chi connectivity index (χ1v) is 11.0. The smallest absolute Gasteiger partial charge is 0.338 e. The third kappa shape index (κ3) is 5.19. The largest absolute Gasteiger partial charge is 0.423 e. The van der Waals surface area contributed by atoms with Crippen molar-refractivity contribution in [3.05, 3.63) is 82.2 Å². The van der Waals surface area contributed by atoms with E-state index < -0.39 is 0 Å². The number of nitrogens with zero attached hydrogens (tertiary/aromatic N) is 1. The summed E-state index contributed by atoms with van der Waals surface area (Å²) in [4.78, 5) is 14.5. The van der Waals surface area contributed by atoms with Gasteiger partial charge in [-0.3, -0.25) is 4.90 Å². The number of hydrogen-bond donors (Lipinski definition) is 1. The van der Waals surface area contributed by atoms with E-state index in [0.717, 1.165) is 56.4 Å². The Morgan fingerprint density at radius 1 is 1.10 bits per heavy atom. The summed E-state index contributed by atoms with van der Waals surface area (Å²) in [6, 6.07) is 18.5. The molecule has 4 rings (SSSR count). The zero-order chi connectivity index (χ0) is 20.8. The number of nitrogens with one attached hydrogen (secondary N) is 1. The van der Waals surface area contributed by atoms with Gasteiger partial charge in [0.1, 0.15) is 5.58 Å². The maximum Gasteiger partial charge on any atom is 0.338 e. The van der Waals surface area contributed by atoms with E-state index >= 15 is 0 Å². The van der Waals surface area contributed by atoms with Crippen LogP contribution in [0, 0.1) is 0 Å². The minimum absolute atomic E-state index is 0.295. The Hall–Kier alpha value is -2.85. The molecule has 0 unspecified atom stereocenters. The molecule has 0 spiro atoms. The number of piperidine rings is 1. The lowest BCUT2D eigenvalue weighted by Gasteiger charge is -2.32. The lowest BCUT2D eigenvalue weighted by Crippen LogP contribution is -2.39. The van der Waals surface area contributed by atoms with Crippen molar-refractivity contribution in [3.63, 3.8) is 0 Å². The molecule has 0 amide bonds. The van der Waals surface area contributed by atoms with Crippen molar-refractivity contribution in [1.29, 1.82) is 0 Å². The van der Waals surface area contributed by atoms with Crippen LogP contribution in [0.1, 0.15) is 37.3 Å². The molecular formula is C26H30N2O2. The molecule has 0 atom stereocenters. The predicted molar refractivity (Wildman–Crippen MR) is 125 cm³/mol. The third-order valence-electron chi connectivity index (χ3n) is 5.77. The Balaban J connectivity index is 1.37. The number of likely N-dealkylation sites (tertiary alicyclic amines) is 1. The van der Waals surface area contributed by atoms with Crippen LogP contribution in [-0.2, 0) is 6.42 Å². The van der Waals surface area contributed by atoms with Crippen LogP contribution in [0.15, 0.2) is 69.9 Å². The van der Waals surface area contributed by atoms with Crippen molar-refractivity contribution in [3.8, 4) is 0 Å². The molecule has 2 aromatic carbocycles. The normalized spacial score (nSPS) is 15.8. The van der Waals surface area contributed by atoms with Gasteiger partial charge in [0.2, 0.25) is 0 Å². The Kier molecular flexibility index (Phi) is 6.65. The first-order chi connectivity index (χ1) is 14.7. The van der Waals surface area contributed by atoms with Gasteiger partial charge in [0.25, 0.3) is 0 Å². The van der Waals surface area contributed by atoms with E-state index in [9.17, 15) is 4.79 Å². The van der Waals surface area contributed by atoms with E-state index in [2.05, 4.69) is 65.7 Å². The van der Waals surface area contributed by atoms with E-state index in [4.69, 9.17) is 4.42 Å². The molecule has 2 heterocycles. The highest BCUT2D eigenvalue weighted by Gasteiger charge is 2.19. The molecule has 4 heteroatoms. The molecule has 1 aliphatic heterocycles. The highest BCUT2D eigenvalue weighted by molar-refractivity contribution is 5.90.